The van der Waals surface area contributed by atoms with Crippen LogP contribution in [-0.2, 0) is 0 Å². The maximum absolute atomic E-state index is 9.33. The lowest BCUT2D eigenvalue weighted by molar-refractivity contribution is 0.229. The lowest BCUT2D eigenvalue weighted by Gasteiger charge is -2.41. The Bertz CT molecular complexity index is 775. The molecular weight excluding hydrogens is 286 g/mol. The minimum Gasteiger partial charge on any atom is -0.403 e. The van der Waals surface area contributed by atoms with Gasteiger partial charge in [-0.2, -0.15) is 5.26 Å². The Labute approximate surface area is 136 Å². The Morgan fingerprint density at radius 2 is 1.87 bits per heavy atom. The van der Waals surface area contributed by atoms with Crippen LogP contribution in [-0.4, -0.2) is 24.6 Å². The molecule has 0 saturated carbocycles. The maximum Gasteiger partial charge on any atom is 0.0998 e. The van der Waals surface area contributed by atoms with Gasteiger partial charge >= 0.3 is 0 Å². The van der Waals surface area contributed by atoms with Gasteiger partial charge in [0.05, 0.1) is 23.9 Å². The highest BCUT2D eigenvalue weighted by molar-refractivity contribution is 5.97. The van der Waals surface area contributed by atoms with E-state index in [1.165, 1.54) is 6.20 Å². The number of nitriles is 1. The van der Waals surface area contributed by atoms with Crippen LogP contribution in [0.25, 0.3) is 10.8 Å². The van der Waals surface area contributed by atoms with E-state index in [2.05, 4.69) is 22.2 Å². The second-order valence-corrected chi connectivity index (χ2v) is 5.75. The molecule has 5 heteroatoms. The van der Waals surface area contributed by atoms with Crippen molar-refractivity contribution in [3.63, 3.8) is 0 Å². The maximum atomic E-state index is 9.33. The number of hydrazine groups is 1. The minimum atomic E-state index is 0.616. The first-order valence-corrected chi connectivity index (χ1v) is 7.85. The molecule has 118 valence electrons. The fraction of sp³-hybridized carbons (Fsp3) is 0.278. The predicted octanol–water partition coefficient (Wildman–Crippen LogP) is 2.29. The van der Waals surface area contributed by atoms with Crippen molar-refractivity contribution in [1.82, 2.24) is 5.01 Å². The summed E-state index contributed by atoms with van der Waals surface area (Å²) >= 11 is 0. The first kappa shape index (κ1) is 15.2. The Hall–Kier alpha value is -2.71. The molecule has 1 saturated heterocycles. The van der Waals surface area contributed by atoms with Crippen LogP contribution in [0, 0.1) is 11.3 Å². The number of nitrogens with two attached hydrogens (primary N) is 2. The van der Waals surface area contributed by atoms with Gasteiger partial charge in [0.1, 0.15) is 0 Å². The van der Waals surface area contributed by atoms with Gasteiger partial charge in [0, 0.05) is 35.8 Å². The molecular formula is C18H21N5. The molecule has 0 aliphatic carbocycles. The summed E-state index contributed by atoms with van der Waals surface area (Å²) in [7, 11) is 0. The highest BCUT2D eigenvalue weighted by Crippen LogP contribution is 2.31. The van der Waals surface area contributed by atoms with E-state index in [1.54, 1.807) is 0 Å². The number of anilines is 1. The Balaban J connectivity index is 2.06. The van der Waals surface area contributed by atoms with Crippen LogP contribution in [0.3, 0.4) is 0 Å². The van der Waals surface area contributed by atoms with Crippen LogP contribution in [0.15, 0.2) is 48.3 Å². The van der Waals surface area contributed by atoms with Gasteiger partial charge in [-0.05, 0) is 25.0 Å². The average Bonchev–Trinajstić information content (AvgIpc) is 2.61. The summed E-state index contributed by atoms with van der Waals surface area (Å²) in [6.07, 6.45) is 3.74. The van der Waals surface area contributed by atoms with Crippen molar-refractivity contribution < 1.29 is 0 Å². The Morgan fingerprint density at radius 3 is 2.61 bits per heavy atom. The van der Waals surface area contributed by atoms with Crippen LogP contribution >= 0.6 is 0 Å². The number of fused-ring (bicyclic) bond motifs is 1. The van der Waals surface area contributed by atoms with E-state index in [0.29, 0.717) is 17.8 Å². The predicted molar refractivity (Wildman–Crippen MR) is 93.3 cm³/mol. The van der Waals surface area contributed by atoms with Crippen molar-refractivity contribution in [2.24, 2.45) is 11.5 Å². The highest BCUT2D eigenvalue weighted by atomic mass is 15.6. The molecule has 1 aliphatic rings. The molecule has 0 amide bonds. The fourth-order valence-corrected chi connectivity index (χ4v) is 3.12. The number of rotatable bonds is 3. The molecule has 1 aliphatic heterocycles. The topological polar surface area (TPSA) is 82.3 Å². The van der Waals surface area contributed by atoms with Gasteiger partial charge in [0.2, 0.25) is 0 Å². The summed E-state index contributed by atoms with van der Waals surface area (Å²) in [5.74, 6) is 0. The zero-order valence-corrected chi connectivity index (χ0v) is 13.1. The molecule has 4 N–H and O–H groups in total. The van der Waals surface area contributed by atoms with Gasteiger partial charge < -0.3 is 16.5 Å². The fourth-order valence-electron chi connectivity index (χ4n) is 3.12. The van der Waals surface area contributed by atoms with E-state index in [9.17, 15) is 5.26 Å². The van der Waals surface area contributed by atoms with Gasteiger partial charge in [-0.15, -0.1) is 0 Å². The normalized spacial score (nSPS) is 16.5. The largest absolute Gasteiger partial charge is 0.403 e. The van der Waals surface area contributed by atoms with Gasteiger partial charge in [0.25, 0.3) is 0 Å². The zero-order chi connectivity index (χ0) is 16.2. The van der Waals surface area contributed by atoms with Gasteiger partial charge in [-0.25, -0.2) is 5.01 Å². The lowest BCUT2D eigenvalue weighted by atomic mass is 10.0. The van der Waals surface area contributed by atoms with Crippen molar-refractivity contribution in [3.05, 3.63) is 53.9 Å². The molecule has 5 nitrogen and oxygen atoms in total. The number of benzene rings is 2. The molecule has 0 aromatic heterocycles. The Kier molecular flexibility index (Phi) is 4.35. The highest BCUT2D eigenvalue weighted by Gasteiger charge is 2.22. The van der Waals surface area contributed by atoms with Crippen LogP contribution in [0.1, 0.15) is 18.4 Å². The van der Waals surface area contributed by atoms with Gasteiger partial charge in [-0.1, -0.05) is 24.3 Å². The molecule has 0 bridgehead atoms. The first-order valence-electron chi connectivity index (χ1n) is 7.85. The number of hydrogen-bond acceptors (Lipinski definition) is 5. The van der Waals surface area contributed by atoms with Crippen molar-refractivity contribution in [2.75, 3.05) is 24.6 Å². The molecule has 1 fully saturated rings. The molecule has 3 rings (SSSR count). The SMILES string of the molecule is N#Cc1ccc(N2CCCCN2C/C(N)=C/N)c2ccccc12. The minimum absolute atomic E-state index is 0.616. The van der Waals surface area contributed by atoms with Crippen LogP contribution in [0.4, 0.5) is 5.69 Å². The molecule has 2 aromatic carbocycles. The molecule has 2 aromatic rings. The summed E-state index contributed by atoms with van der Waals surface area (Å²) in [5, 5.41) is 15.9. The van der Waals surface area contributed by atoms with E-state index in [0.717, 1.165) is 42.4 Å². The summed E-state index contributed by atoms with van der Waals surface area (Å²) in [6, 6.07) is 14.2. The quantitative estimate of drug-likeness (QED) is 0.909. The van der Waals surface area contributed by atoms with E-state index in [4.69, 9.17) is 11.5 Å². The molecule has 0 spiro atoms. The first-order chi connectivity index (χ1) is 11.2. The van der Waals surface area contributed by atoms with Crippen molar-refractivity contribution >= 4 is 16.5 Å². The van der Waals surface area contributed by atoms with E-state index in [-0.39, 0.29) is 0 Å². The third-order valence-corrected chi connectivity index (χ3v) is 4.26. The summed E-state index contributed by atoms with van der Waals surface area (Å²) in [5.41, 5.74) is 13.9. The average molecular weight is 307 g/mol. The smallest absolute Gasteiger partial charge is 0.0998 e. The zero-order valence-electron chi connectivity index (χ0n) is 13.1. The molecule has 0 unspecified atom stereocenters. The third kappa shape index (κ3) is 2.94. The van der Waals surface area contributed by atoms with Crippen molar-refractivity contribution in [1.29, 1.82) is 5.26 Å². The second-order valence-electron chi connectivity index (χ2n) is 5.75. The monoisotopic (exact) mass is 307 g/mol. The molecule has 0 radical (unpaired) electrons. The summed E-state index contributed by atoms with van der Waals surface area (Å²) in [6.45, 7) is 2.50. The van der Waals surface area contributed by atoms with Crippen molar-refractivity contribution in [2.45, 2.75) is 12.8 Å². The van der Waals surface area contributed by atoms with E-state index < -0.39 is 0 Å². The third-order valence-electron chi connectivity index (χ3n) is 4.26. The molecule has 23 heavy (non-hydrogen) atoms. The second kappa shape index (κ2) is 6.59. The molecule has 1 heterocycles. The molecule has 0 atom stereocenters. The van der Waals surface area contributed by atoms with Crippen LogP contribution in [0.2, 0.25) is 0 Å². The summed E-state index contributed by atoms with van der Waals surface area (Å²) < 4.78 is 0. The number of nitrogens with zero attached hydrogens (tertiary/aromatic N) is 3. The van der Waals surface area contributed by atoms with Crippen LogP contribution in [0.5, 0.6) is 0 Å². The number of hydrogen-bond donors (Lipinski definition) is 2. The van der Waals surface area contributed by atoms with Gasteiger partial charge in [0.15, 0.2) is 0 Å². The standard InChI is InChI=1S/C18H21N5/c19-11-14-7-8-18(17-6-2-1-5-16(14)17)23-10-4-3-9-22(23)13-15(21)12-20/h1-2,5-8,12H,3-4,9-10,13,20-21H2/b15-12-. The van der Waals surface area contributed by atoms with E-state index >= 15 is 0 Å². The lowest BCUT2D eigenvalue weighted by Crippen LogP contribution is -2.49. The van der Waals surface area contributed by atoms with Crippen LogP contribution < -0.4 is 16.5 Å². The van der Waals surface area contributed by atoms with Crippen molar-refractivity contribution in [3.8, 4) is 6.07 Å². The van der Waals surface area contributed by atoms with Gasteiger partial charge in [-0.3, -0.25) is 0 Å². The Morgan fingerprint density at radius 1 is 1.13 bits per heavy atom. The van der Waals surface area contributed by atoms with E-state index in [1.807, 2.05) is 30.3 Å². The summed E-state index contributed by atoms with van der Waals surface area (Å²) in [4.78, 5) is 0.